The van der Waals surface area contributed by atoms with Gasteiger partial charge in [-0.3, -0.25) is 4.79 Å². The molecule has 0 heterocycles. The van der Waals surface area contributed by atoms with Gasteiger partial charge in [0.1, 0.15) is 11.9 Å². The second-order valence-electron chi connectivity index (χ2n) is 6.70. The van der Waals surface area contributed by atoms with Gasteiger partial charge in [-0.2, -0.15) is 4.72 Å². The van der Waals surface area contributed by atoms with E-state index in [2.05, 4.69) is 28.8 Å². The molecule has 2 N–H and O–H groups in total. The highest BCUT2D eigenvalue weighted by atomic mass is 32.2. The van der Waals surface area contributed by atoms with Gasteiger partial charge in [-0.15, -0.1) is 0 Å². The Bertz CT molecular complexity index is 942. The Morgan fingerprint density at radius 2 is 1.69 bits per heavy atom. The van der Waals surface area contributed by atoms with Crippen LogP contribution in [-0.2, 0) is 14.8 Å². The zero-order chi connectivity index (χ0) is 21.6. The van der Waals surface area contributed by atoms with Gasteiger partial charge in [-0.05, 0) is 75.2 Å². The molecule has 0 bridgehead atoms. The summed E-state index contributed by atoms with van der Waals surface area (Å²) < 4.78 is 40.5. The number of benzene rings is 2. The molecule has 8 heteroatoms. The van der Waals surface area contributed by atoms with E-state index in [-0.39, 0.29) is 11.3 Å². The van der Waals surface area contributed by atoms with Crippen molar-refractivity contribution in [2.75, 3.05) is 23.3 Å². The van der Waals surface area contributed by atoms with Crippen molar-refractivity contribution in [3.63, 3.8) is 0 Å². The SMILES string of the molecule is CCC(NS(=O)(=O)c1ccc(F)cc1)C(=O)Nc1ccc(N(CC)CC)cc1C. The van der Waals surface area contributed by atoms with Crippen LogP contribution in [0.5, 0.6) is 0 Å². The first-order valence-electron chi connectivity index (χ1n) is 9.66. The van der Waals surface area contributed by atoms with Crippen LogP contribution in [0, 0.1) is 12.7 Å². The van der Waals surface area contributed by atoms with E-state index in [0.717, 1.165) is 36.5 Å². The summed E-state index contributed by atoms with van der Waals surface area (Å²) in [7, 11) is -3.94. The highest BCUT2D eigenvalue weighted by molar-refractivity contribution is 7.89. The van der Waals surface area contributed by atoms with Gasteiger partial charge in [0.2, 0.25) is 15.9 Å². The lowest BCUT2D eigenvalue weighted by Crippen LogP contribution is -2.43. The van der Waals surface area contributed by atoms with Gasteiger partial charge in [0.15, 0.2) is 0 Å². The second kappa shape index (κ2) is 9.84. The van der Waals surface area contributed by atoms with Gasteiger partial charge in [-0.25, -0.2) is 12.8 Å². The first kappa shape index (κ1) is 22.8. The van der Waals surface area contributed by atoms with Gasteiger partial charge in [-0.1, -0.05) is 6.92 Å². The van der Waals surface area contributed by atoms with Crippen molar-refractivity contribution in [3.05, 3.63) is 53.8 Å². The molecule has 0 aliphatic rings. The van der Waals surface area contributed by atoms with Gasteiger partial charge in [0.25, 0.3) is 0 Å². The highest BCUT2D eigenvalue weighted by Gasteiger charge is 2.25. The van der Waals surface area contributed by atoms with Crippen molar-refractivity contribution in [3.8, 4) is 0 Å². The Morgan fingerprint density at radius 3 is 2.21 bits per heavy atom. The van der Waals surface area contributed by atoms with Crippen LogP contribution in [-0.4, -0.2) is 33.5 Å². The Balaban J connectivity index is 2.14. The maximum atomic E-state index is 13.1. The monoisotopic (exact) mass is 421 g/mol. The summed E-state index contributed by atoms with van der Waals surface area (Å²) in [6.45, 7) is 9.52. The van der Waals surface area contributed by atoms with Crippen LogP contribution in [0.2, 0.25) is 0 Å². The number of sulfonamides is 1. The Kier molecular flexibility index (Phi) is 7.75. The third-order valence-electron chi connectivity index (χ3n) is 4.74. The van der Waals surface area contributed by atoms with E-state index >= 15 is 0 Å². The summed E-state index contributed by atoms with van der Waals surface area (Å²) in [6, 6.07) is 9.25. The number of hydrogen-bond donors (Lipinski definition) is 2. The fourth-order valence-electron chi connectivity index (χ4n) is 2.98. The molecule has 0 aromatic heterocycles. The minimum absolute atomic E-state index is 0.0927. The molecule has 0 aliphatic heterocycles. The smallest absolute Gasteiger partial charge is 0.242 e. The number of amides is 1. The number of aryl methyl sites for hydroxylation is 1. The van der Waals surface area contributed by atoms with Crippen molar-refractivity contribution < 1.29 is 17.6 Å². The van der Waals surface area contributed by atoms with E-state index in [1.807, 2.05) is 25.1 Å². The molecule has 1 unspecified atom stereocenters. The molecule has 1 amide bonds. The quantitative estimate of drug-likeness (QED) is 0.648. The average molecular weight is 422 g/mol. The normalized spacial score (nSPS) is 12.4. The van der Waals surface area contributed by atoms with Crippen molar-refractivity contribution in [1.29, 1.82) is 0 Å². The van der Waals surface area contributed by atoms with Crippen molar-refractivity contribution in [2.24, 2.45) is 0 Å². The molecular formula is C21H28FN3O3S. The van der Waals surface area contributed by atoms with Crippen molar-refractivity contribution >= 4 is 27.3 Å². The van der Waals surface area contributed by atoms with Crippen LogP contribution in [0.4, 0.5) is 15.8 Å². The number of carbonyl (C=O) groups is 1. The zero-order valence-corrected chi connectivity index (χ0v) is 18.0. The van der Waals surface area contributed by atoms with Gasteiger partial charge >= 0.3 is 0 Å². The average Bonchev–Trinajstić information content (AvgIpc) is 2.69. The molecule has 0 radical (unpaired) electrons. The molecule has 6 nitrogen and oxygen atoms in total. The number of halogens is 1. The van der Waals surface area contributed by atoms with Crippen molar-refractivity contribution in [2.45, 2.75) is 45.1 Å². The fraction of sp³-hybridized carbons (Fsp3) is 0.381. The van der Waals surface area contributed by atoms with Gasteiger partial charge < -0.3 is 10.2 Å². The molecule has 29 heavy (non-hydrogen) atoms. The van der Waals surface area contributed by atoms with Crippen LogP contribution < -0.4 is 14.9 Å². The van der Waals surface area contributed by atoms with E-state index in [0.29, 0.717) is 5.69 Å². The van der Waals surface area contributed by atoms with Gasteiger partial charge in [0, 0.05) is 24.5 Å². The van der Waals surface area contributed by atoms with Crippen LogP contribution in [0.25, 0.3) is 0 Å². The Hall–Kier alpha value is -2.45. The summed E-state index contributed by atoms with van der Waals surface area (Å²) >= 11 is 0. The maximum Gasteiger partial charge on any atom is 0.242 e. The fourth-order valence-corrected chi connectivity index (χ4v) is 4.26. The minimum Gasteiger partial charge on any atom is -0.372 e. The molecule has 158 valence electrons. The first-order chi connectivity index (χ1) is 13.7. The molecule has 2 rings (SSSR count). The van der Waals surface area contributed by atoms with Crippen LogP contribution in [0.3, 0.4) is 0 Å². The Morgan fingerprint density at radius 1 is 1.07 bits per heavy atom. The second-order valence-corrected chi connectivity index (χ2v) is 8.41. The van der Waals surface area contributed by atoms with Gasteiger partial charge in [0.05, 0.1) is 4.90 Å². The summed E-state index contributed by atoms with van der Waals surface area (Å²) in [6.07, 6.45) is 0.267. The molecule has 2 aromatic carbocycles. The molecular weight excluding hydrogens is 393 g/mol. The number of carbonyl (C=O) groups excluding carboxylic acids is 1. The van der Waals surface area contributed by atoms with E-state index in [9.17, 15) is 17.6 Å². The lowest BCUT2D eigenvalue weighted by atomic mass is 10.1. The standard InChI is InChI=1S/C21H28FN3O3S/c1-5-19(24-29(27,28)18-11-8-16(22)9-12-18)21(26)23-20-13-10-17(14-15(20)4)25(6-2)7-3/h8-14,19,24H,5-7H2,1-4H3,(H,23,26). The zero-order valence-electron chi connectivity index (χ0n) is 17.2. The summed E-state index contributed by atoms with van der Waals surface area (Å²) in [5, 5.41) is 2.80. The third-order valence-corrected chi connectivity index (χ3v) is 6.23. The number of nitrogens with zero attached hydrogens (tertiary/aromatic N) is 1. The summed E-state index contributed by atoms with van der Waals surface area (Å²) in [5.74, 6) is -0.978. The first-order valence-corrected chi connectivity index (χ1v) is 11.1. The summed E-state index contributed by atoms with van der Waals surface area (Å²) in [5.41, 5.74) is 2.58. The molecule has 1 atom stereocenters. The molecule has 0 saturated heterocycles. The van der Waals surface area contributed by atoms with E-state index in [1.54, 1.807) is 6.92 Å². The largest absolute Gasteiger partial charge is 0.372 e. The predicted octanol–water partition coefficient (Wildman–Crippen LogP) is 3.68. The molecule has 0 aliphatic carbocycles. The van der Waals surface area contributed by atoms with Crippen molar-refractivity contribution in [1.82, 2.24) is 4.72 Å². The van der Waals surface area contributed by atoms with E-state index in [4.69, 9.17) is 0 Å². The topological polar surface area (TPSA) is 78.5 Å². The lowest BCUT2D eigenvalue weighted by molar-refractivity contribution is -0.117. The lowest BCUT2D eigenvalue weighted by Gasteiger charge is -2.23. The van der Waals surface area contributed by atoms with E-state index < -0.39 is 27.8 Å². The third kappa shape index (κ3) is 5.77. The van der Waals surface area contributed by atoms with Crippen LogP contribution in [0.15, 0.2) is 47.4 Å². The molecule has 0 fully saturated rings. The molecule has 2 aromatic rings. The highest BCUT2D eigenvalue weighted by Crippen LogP contribution is 2.23. The minimum atomic E-state index is -3.94. The predicted molar refractivity (Wildman–Crippen MR) is 114 cm³/mol. The maximum absolute atomic E-state index is 13.1. The molecule has 0 saturated carbocycles. The van der Waals surface area contributed by atoms with E-state index in [1.165, 1.54) is 12.1 Å². The van der Waals surface area contributed by atoms with Crippen LogP contribution >= 0.6 is 0 Å². The van der Waals surface area contributed by atoms with Crippen LogP contribution in [0.1, 0.15) is 32.8 Å². The number of hydrogen-bond acceptors (Lipinski definition) is 4. The Labute approximate surface area is 172 Å². The number of nitrogens with one attached hydrogen (secondary N) is 2. The summed E-state index contributed by atoms with van der Waals surface area (Å²) in [4.78, 5) is 14.8. The molecule has 0 spiro atoms. The number of rotatable bonds is 9. The number of anilines is 2.